The highest BCUT2D eigenvalue weighted by molar-refractivity contribution is 7.78. The predicted octanol–water partition coefficient (Wildman–Crippen LogP) is 3.30. The summed E-state index contributed by atoms with van der Waals surface area (Å²) in [6, 6.07) is 1.56. The number of aliphatic imine (C=N–C) groups is 2. The number of amides is 2. The van der Waals surface area contributed by atoms with Gasteiger partial charge in [-0.25, -0.2) is 9.59 Å². The zero-order chi connectivity index (χ0) is 27.1. The Labute approximate surface area is 219 Å². The fourth-order valence-electron chi connectivity index (χ4n) is 2.74. The minimum absolute atomic E-state index is 0.0933. The summed E-state index contributed by atoms with van der Waals surface area (Å²) in [6.07, 6.45) is 5.51. The van der Waals surface area contributed by atoms with Crippen molar-refractivity contribution in [3.05, 3.63) is 34.9 Å². The second kappa shape index (κ2) is 15.5. The lowest BCUT2D eigenvalue weighted by Crippen LogP contribution is -2.34. The average molecular weight is 537 g/mol. The van der Waals surface area contributed by atoms with Crippen LogP contribution < -0.4 is 22.1 Å². The Hall–Kier alpha value is -3.54. The number of carbonyl (C=O) groups is 3. The zero-order valence-corrected chi connectivity index (χ0v) is 22.4. The number of hydrogen-bond acceptors (Lipinski definition) is 11. The lowest BCUT2D eigenvalue weighted by Gasteiger charge is -2.24. The molecular weight excluding hydrogens is 504 g/mol. The van der Waals surface area contributed by atoms with Crippen LogP contribution >= 0.6 is 23.6 Å². The number of rotatable bonds is 13. The second-order valence-corrected chi connectivity index (χ2v) is 9.27. The van der Waals surface area contributed by atoms with Crippen LogP contribution in [0.2, 0.25) is 0 Å². The number of nitrogens with one attached hydrogen (secondary N) is 2. The maximum atomic E-state index is 12.1. The van der Waals surface area contributed by atoms with Crippen LogP contribution in [-0.4, -0.2) is 61.2 Å². The summed E-state index contributed by atoms with van der Waals surface area (Å²) in [5.41, 5.74) is 11.7. The molecule has 36 heavy (non-hydrogen) atoms. The lowest BCUT2D eigenvalue weighted by atomic mass is 10.0. The van der Waals surface area contributed by atoms with Gasteiger partial charge < -0.3 is 31.6 Å². The number of allylic oxidation sites excluding steroid dienone is 1. The number of nitrogen functional groups attached to an aromatic ring is 1. The molecule has 0 aliphatic rings. The highest BCUT2D eigenvalue weighted by Gasteiger charge is 2.22. The Morgan fingerprint density at radius 2 is 1.97 bits per heavy atom. The third kappa shape index (κ3) is 11.7. The number of isothiocyanates is 1. The van der Waals surface area contributed by atoms with Gasteiger partial charge in [0.25, 0.3) is 0 Å². The van der Waals surface area contributed by atoms with E-state index in [1.54, 1.807) is 32.9 Å². The molecule has 0 bridgehead atoms. The molecule has 0 aliphatic carbocycles. The number of anilines is 2. The molecule has 0 radical (unpaired) electrons. The Kier molecular flexibility index (Phi) is 13.1. The number of esters is 1. The van der Waals surface area contributed by atoms with Gasteiger partial charge in [0.2, 0.25) is 0 Å². The van der Waals surface area contributed by atoms with Gasteiger partial charge in [-0.2, -0.15) is 4.99 Å². The van der Waals surface area contributed by atoms with Crippen molar-refractivity contribution < 1.29 is 23.9 Å². The first kappa shape index (κ1) is 30.5. The fraction of sp³-hybridized carbons (Fsp3) is 0.435. The highest BCUT2D eigenvalue weighted by atomic mass is 32.1. The normalized spacial score (nSPS) is 12.1. The number of carbonyl (C=O) groups excluding carboxylic acids is 3. The smallest absolute Gasteiger partial charge is 0.407 e. The Bertz CT molecular complexity index is 1070. The molecule has 0 atom stereocenters. The van der Waals surface area contributed by atoms with Crippen molar-refractivity contribution in [2.45, 2.75) is 39.2 Å². The van der Waals surface area contributed by atoms with E-state index in [-0.39, 0.29) is 12.3 Å². The molecule has 0 aromatic carbocycles. The van der Waals surface area contributed by atoms with Crippen LogP contribution in [0.1, 0.15) is 43.3 Å². The molecule has 13 heteroatoms. The largest absolute Gasteiger partial charge is 0.465 e. The third-order valence-corrected chi connectivity index (χ3v) is 5.56. The molecule has 11 nitrogen and oxygen atoms in total. The summed E-state index contributed by atoms with van der Waals surface area (Å²) < 4.78 is 10.1. The molecule has 1 aromatic heterocycles. The van der Waals surface area contributed by atoms with Gasteiger partial charge in [0.15, 0.2) is 0 Å². The average Bonchev–Trinajstić information content (AvgIpc) is 3.17. The van der Waals surface area contributed by atoms with Crippen molar-refractivity contribution in [3.8, 4) is 0 Å². The van der Waals surface area contributed by atoms with Crippen LogP contribution in [0.25, 0.3) is 0 Å². The molecule has 0 saturated carbocycles. The fourth-order valence-corrected chi connectivity index (χ4v) is 3.72. The van der Waals surface area contributed by atoms with E-state index in [2.05, 4.69) is 37.6 Å². The molecule has 1 aromatic rings. The van der Waals surface area contributed by atoms with Crippen molar-refractivity contribution in [2.24, 2.45) is 15.7 Å². The summed E-state index contributed by atoms with van der Waals surface area (Å²) in [6.45, 7) is 6.25. The molecule has 6 N–H and O–H groups in total. The van der Waals surface area contributed by atoms with Crippen LogP contribution in [0.15, 0.2) is 40.0 Å². The van der Waals surface area contributed by atoms with Gasteiger partial charge >= 0.3 is 18.0 Å². The van der Waals surface area contributed by atoms with Crippen molar-refractivity contribution in [3.63, 3.8) is 0 Å². The highest BCUT2D eigenvalue weighted by Crippen LogP contribution is 2.30. The van der Waals surface area contributed by atoms with Crippen LogP contribution in [0.4, 0.5) is 15.5 Å². The maximum Gasteiger partial charge on any atom is 0.407 e. The molecule has 196 valence electrons. The van der Waals surface area contributed by atoms with Crippen LogP contribution in [0.5, 0.6) is 0 Å². The second-order valence-electron chi connectivity index (χ2n) is 8.04. The minimum Gasteiger partial charge on any atom is -0.465 e. The number of hydrogen-bond donors (Lipinski definition) is 4. The summed E-state index contributed by atoms with van der Waals surface area (Å²) in [5, 5.41) is 8.43. The summed E-state index contributed by atoms with van der Waals surface area (Å²) in [4.78, 5) is 43.6. The molecule has 1 rings (SSSR count). The topological polar surface area (TPSA) is 170 Å². The SMILES string of the molecule is COC(=O)c1cc(N)c(NC/C=C/CNC(=O)OC(C)(C)CCCN=C(C=C(C)N)C(=O)N=C=S)s1. The Morgan fingerprint density at radius 3 is 2.61 bits per heavy atom. The van der Waals surface area contributed by atoms with Crippen LogP contribution in [0.3, 0.4) is 0 Å². The van der Waals surface area contributed by atoms with E-state index >= 15 is 0 Å². The number of thiophene rings is 1. The molecule has 0 aliphatic heterocycles. The molecule has 1 heterocycles. The summed E-state index contributed by atoms with van der Waals surface area (Å²) in [7, 11) is 1.31. The number of alkyl carbamates (subject to hydrolysis) is 1. The van der Waals surface area contributed by atoms with Crippen LogP contribution in [0, 0.1) is 0 Å². The van der Waals surface area contributed by atoms with E-state index in [4.69, 9.17) is 16.2 Å². The first-order valence-corrected chi connectivity index (χ1v) is 12.1. The molecule has 0 spiro atoms. The number of ether oxygens (including phenoxy) is 2. The number of nitrogens with zero attached hydrogens (tertiary/aromatic N) is 2. The van der Waals surface area contributed by atoms with Crippen molar-refractivity contribution in [1.82, 2.24) is 5.32 Å². The zero-order valence-electron chi connectivity index (χ0n) is 20.8. The van der Waals surface area contributed by atoms with Gasteiger partial charge in [-0.3, -0.25) is 9.79 Å². The first-order chi connectivity index (χ1) is 17.0. The molecule has 0 fully saturated rings. The van der Waals surface area contributed by atoms with Gasteiger partial charge in [0.05, 0.1) is 18.0 Å². The molecule has 2 amide bonds. The van der Waals surface area contributed by atoms with Gasteiger partial charge in [0, 0.05) is 25.3 Å². The summed E-state index contributed by atoms with van der Waals surface area (Å²) >= 11 is 5.65. The molecular formula is C23H32N6O5S2. The van der Waals surface area contributed by atoms with E-state index in [1.807, 2.05) is 11.2 Å². The van der Waals surface area contributed by atoms with Crippen LogP contribution in [-0.2, 0) is 14.3 Å². The minimum atomic E-state index is -0.741. The quantitative estimate of drug-likeness (QED) is 0.0970. The van der Waals surface area contributed by atoms with Crippen molar-refractivity contribution in [2.75, 3.05) is 37.8 Å². The molecule has 0 unspecified atom stereocenters. The van der Waals surface area contributed by atoms with Crippen molar-refractivity contribution in [1.29, 1.82) is 0 Å². The van der Waals surface area contributed by atoms with E-state index < -0.39 is 23.6 Å². The monoisotopic (exact) mass is 536 g/mol. The van der Waals surface area contributed by atoms with Gasteiger partial charge in [0.1, 0.15) is 21.2 Å². The lowest BCUT2D eigenvalue weighted by molar-refractivity contribution is -0.111. The maximum absolute atomic E-state index is 12.1. The van der Waals surface area contributed by atoms with Crippen molar-refractivity contribution >= 4 is 63.1 Å². The number of thiocarbonyl (C=S) groups is 1. The predicted molar refractivity (Wildman–Crippen MR) is 146 cm³/mol. The number of nitrogens with two attached hydrogens (primary N) is 2. The van der Waals surface area contributed by atoms with E-state index in [0.717, 1.165) is 0 Å². The Balaban J connectivity index is 2.41. The molecule has 0 saturated heterocycles. The van der Waals surface area contributed by atoms with Gasteiger partial charge in [-0.05, 0) is 58.0 Å². The standard InChI is InChI=1S/C23H32N6O5S2/c1-15(24)12-17(19(30)29-14-35)26-11-7-8-23(2,3)34-22(32)28-10-6-5-9-27-20-16(25)13-18(36-20)21(31)33-4/h5-6,12-13,27H,7-11,24-25H2,1-4H3,(H,28,32)/b6-5+,15-12?,26-17?. The Morgan fingerprint density at radius 1 is 1.28 bits per heavy atom. The van der Waals surface area contributed by atoms with Gasteiger partial charge in [-0.15, -0.1) is 11.3 Å². The third-order valence-electron chi connectivity index (χ3n) is 4.38. The van der Waals surface area contributed by atoms with Gasteiger partial charge in [-0.1, -0.05) is 12.2 Å². The first-order valence-electron chi connectivity index (χ1n) is 10.9. The van der Waals surface area contributed by atoms with E-state index in [0.29, 0.717) is 47.2 Å². The summed E-state index contributed by atoms with van der Waals surface area (Å²) in [5.74, 6) is -1.05. The van der Waals surface area contributed by atoms with E-state index in [1.165, 1.54) is 24.5 Å². The number of methoxy groups -OCH3 is 1. The van der Waals surface area contributed by atoms with E-state index in [9.17, 15) is 14.4 Å².